The van der Waals surface area contributed by atoms with E-state index in [-0.39, 0.29) is 11.8 Å². The van der Waals surface area contributed by atoms with Gasteiger partial charge in [0.15, 0.2) is 0 Å². The number of methoxy groups -OCH3 is 1. The van der Waals surface area contributed by atoms with E-state index in [2.05, 4.69) is 5.32 Å². The highest BCUT2D eigenvalue weighted by atomic mass is 32.2. The number of esters is 1. The minimum absolute atomic E-state index is 0.240. The number of fused-ring (bicyclic) bond motifs is 1. The van der Waals surface area contributed by atoms with E-state index < -0.39 is 29.4 Å². The molecule has 0 bridgehead atoms. The molecule has 140 valence electrons. The highest BCUT2D eigenvalue weighted by Gasteiger charge is 2.67. The fraction of sp³-hybridized carbons (Fsp3) is 0.526. The molecule has 2 saturated heterocycles. The summed E-state index contributed by atoms with van der Waals surface area (Å²) in [4.78, 5) is 39.8. The number of hydrogen-bond acceptors (Lipinski definition) is 6. The number of ether oxygens (including phenoxy) is 1. The van der Waals surface area contributed by atoms with Crippen LogP contribution in [-0.2, 0) is 19.1 Å². The van der Waals surface area contributed by atoms with E-state index in [4.69, 9.17) is 4.74 Å². The lowest BCUT2D eigenvalue weighted by Crippen LogP contribution is -2.56. The van der Waals surface area contributed by atoms with Crippen LogP contribution in [0.1, 0.15) is 23.6 Å². The number of aryl methyl sites for hydroxylation is 1. The zero-order valence-electron chi connectivity index (χ0n) is 15.4. The van der Waals surface area contributed by atoms with E-state index in [0.29, 0.717) is 12.2 Å². The molecule has 0 saturated carbocycles. The summed E-state index contributed by atoms with van der Waals surface area (Å²) in [5.74, 6) is -1.70. The first-order valence-electron chi connectivity index (χ1n) is 8.61. The predicted octanol–water partition coefficient (Wildman–Crippen LogP) is 1.54. The Hall–Kier alpha value is -1.86. The van der Waals surface area contributed by atoms with E-state index >= 15 is 0 Å². The van der Waals surface area contributed by atoms with Crippen molar-refractivity contribution in [2.45, 2.75) is 24.9 Å². The van der Waals surface area contributed by atoms with Gasteiger partial charge in [-0.05, 0) is 36.5 Å². The summed E-state index contributed by atoms with van der Waals surface area (Å²) in [5, 5.41) is 3.37. The standard InChI is InChI=1S/C19H24N2O4S/c1-11-7-5-6-8-12(11)15-13-14(17(23)21(2)16(13)22)19(20-15,9-10-26-4)18(24)25-3/h5-8,13-15,20H,9-10H2,1-4H3/t13-,14-,15-,19-/m1/s1. The van der Waals surface area contributed by atoms with Gasteiger partial charge in [-0.25, -0.2) is 0 Å². The number of amides is 2. The van der Waals surface area contributed by atoms with Crippen molar-refractivity contribution in [3.8, 4) is 0 Å². The molecule has 4 atom stereocenters. The minimum atomic E-state index is -1.19. The number of benzene rings is 1. The van der Waals surface area contributed by atoms with Crippen molar-refractivity contribution in [1.82, 2.24) is 10.2 Å². The second kappa shape index (κ2) is 7.04. The topological polar surface area (TPSA) is 75.7 Å². The van der Waals surface area contributed by atoms with Crippen LogP contribution in [0.4, 0.5) is 0 Å². The molecule has 6 nitrogen and oxygen atoms in total. The van der Waals surface area contributed by atoms with Crippen molar-refractivity contribution in [2.24, 2.45) is 11.8 Å². The Balaban J connectivity index is 2.15. The number of carbonyl (C=O) groups is 3. The maximum absolute atomic E-state index is 12.9. The Kier molecular flexibility index (Phi) is 5.12. The molecule has 0 radical (unpaired) electrons. The van der Waals surface area contributed by atoms with Crippen molar-refractivity contribution < 1.29 is 19.1 Å². The quantitative estimate of drug-likeness (QED) is 0.621. The number of nitrogens with zero attached hydrogens (tertiary/aromatic N) is 1. The maximum atomic E-state index is 12.9. The molecule has 2 aliphatic heterocycles. The van der Waals surface area contributed by atoms with Crippen LogP contribution < -0.4 is 5.32 Å². The SMILES string of the molecule is COC(=O)[C@]1(CCSC)N[C@H](c2ccccc2C)[C@@H]2C(=O)N(C)C(=O)[C@@H]21. The Morgan fingerprint density at radius 1 is 1.31 bits per heavy atom. The van der Waals surface area contributed by atoms with Crippen LogP contribution in [0.2, 0.25) is 0 Å². The van der Waals surface area contributed by atoms with E-state index in [1.807, 2.05) is 37.4 Å². The summed E-state index contributed by atoms with van der Waals surface area (Å²) in [7, 11) is 2.82. The van der Waals surface area contributed by atoms with Gasteiger partial charge in [0, 0.05) is 13.1 Å². The number of likely N-dealkylation sites (tertiary alicyclic amines) is 1. The smallest absolute Gasteiger partial charge is 0.326 e. The lowest BCUT2D eigenvalue weighted by molar-refractivity contribution is -0.154. The summed E-state index contributed by atoms with van der Waals surface area (Å²) in [6, 6.07) is 7.35. The van der Waals surface area contributed by atoms with Gasteiger partial charge in [-0.1, -0.05) is 24.3 Å². The van der Waals surface area contributed by atoms with Crippen LogP contribution in [0.5, 0.6) is 0 Å². The number of nitrogens with one attached hydrogen (secondary N) is 1. The number of thioether (sulfide) groups is 1. The van der Waals surface area contributed by atoms with Crippen LogP contribution in [0.25, 0.3) is 0 Å². The molecular formula is C19H24N2O4S. The molecule has 0 aromatic heterocycles. The fourth-order valence-corrected chi connectivity index (χ4v) is 4.84. The molecule has 2 amide bonds. The van der Waals surface area contributed by atoms with Crippen LogP contribution in [0, 0.1) is 18.8 Å². The second-order valence-electron chi connectivity index (χ2n) is 6.92. The predicted molar refractivity (Wildman–Crippen MR) is 99.6 cm³/mol. The van der Waals surface area contributed by atoms with Gasteiger partial charge in [0.25, 0.3) is 0 Å². The molecule has 0 aliphatic carbocycles. The molecule has 2 aliphatic rings. The zero-order valence-corrected chi connectivity index (χ0v) is 16.3. The van der Waals surface area contributed by atoms with Crippen molar-refractivity contribution in [3.63, 3.8) is 0 Å². The molecule has 7 heteroatoms. The first-order valence-corrected chi connectivity index (χ1v) is 10.0. The molecule has 3 rings (SSSR count). The zero-order chi connectivity index (χ0) is 19.1. The molecule has 26 heavy (non-hydrogen) atoms. The summed E-state index contributed by atoms with van der Waals surface area (Å²) in [6.45, 7) is 1.97. The van der Waals surface area contributed by atoms with Crippen LogP contribution in [-0.4, -0.2) is 54.4 Å². The van der Waals surface area contributed by atoms with Gasteiger partial charge in [-0.2, -0.15) is 11.8 Å². The minimum Gasteiger partial charge on any atom is -0.468 e. The van der Waals surface area contributed by atoms with Crippen molar-refractivity contribution >= 4 is 29.5 Å². The molecule has 1 aromatic carbocycles. The Bertz CT molecular complexity index is 753. The molecule has 1 N–H and O–H groups in total. The fourth-order valence-electron chi connectivity index (χ4n) is 4.31. The van der Waals surface area contributed by atoms with Crippen LogP contribution in [0.15, 0.2) is 24.3 Å². The van der Waals surface area contributed by atoms with E-state index in [1.54, 1.807) is 11.8 Å². The lowest BCUT2D eigenvalue weighted by Gasteiger charge is -2.32. The van der Waals surface area contributed by atoms with E-state index in [0.717, 1.165) is 16.0 Å². The Morgan fingerprint density at radius 3 is 2.62 bits per heavy atom. The van der Waals surface area contributed by atoms with Gasteiger partial charge >= 0.3 is 5.97 Å². The van der Waals surface area contributed by atoms with Gasteiger partial charge in [0.2, 0.25) is 11.8 Å². The highest BCUT2D eigenvalue weighted by molar-refractivity contribution is 7.98. The van der Waals surface area contributed by atoms with E-state index in [9.17, 15) is 14.4 Å². The summed E-state index contributed by atoms with van der Waals surface area (Å²) >= 11 is 1.59. The van der Waals surface area contributed by atoms with Gasteiger partial charge in [-0.3, -0.25) is 24.6 Å². The average Bonchev–Trinajstić information content (AvgIpc) is 3.10. The summed E-state index contributed by atoms with van der Waals surface area (Å²) < 4.78 is 5.08. The highest BCUT2D eigenvalue weighted by Crippen LogP contribution is 2.50. The van der Waals surface area contributed by atoms with Gasteiger partial charge < -0.3 is 4.74 Å². The average molecular weight is 376 g/mol. The third-order valence-corrected chi connectivity index (χ3v) is 6.26. The number of hydrogen-bond donors (Lipinski definition) is 1. The summed E-state index contributed by atoms with van der Waals surface area (Å²) in [6.07, 6.45) is 2.38. The first kappa shape index (κ1) is 18.9. The molecular weight excluding hydrogens is 352 g/mol. The number of carbonyl (C=O) groups excluding carboxylic acids is 3. The monoisotopic (exact) mass is 376 g/mol. The number of imide groups is 1. The Labute approximate surface area is 157 Å². The van der Waals surface area contributed by atoms with Crippen LogP contribution >= 0.6 is 11.8 Å². The van der Waals surface area contributed by atoms with Gasteiger partial charge in [0.1, 0.15) is 5.54 Å². The maximum Gasteiger partial charge on any atom is 0.326 e. The molecule has 1 aromatic rings. The molecule has 0 unspecified atom stereocenters. The van der Waals surface area contributed by atoms with Gasteiger partial charge in [-0.15, -0.1) is 0 Å². The second-order valence-corrected chi connectivity index (χ2v) is 7.91. The van der Waals surface area contributed by atoms with Crippen molar-refractivity contribution in [3.05, 3.63) is 35.4 Å². The summed E-state index contributed by atoms with van der Waals surface area (Å²) in [5.41, 5.74) is 0.769. The largest absolute Gasteiger partial charge is 0.468 e. The molecule has 0 spiro atoms. The first-order chi connectivity index (χ1) is 12.4. The third kappa shape index (κ3) is 2.65. The lowest BCUT2D eigenvalue weighted by atomic mass is 9.77. The molecule has 2 heterocycles. The Morgan fingerprint density at radius 2 is 2.00 bits per heavy atom. The van der Waals surface area contributed by atoms with Crippen molar-refractivity contribution in [1.29, 1.82) is 0 Å². The van der Waals surface area contributed by atoms with Gasteiger partial charge in [0.05, 0.1) is 18.9 Å². The number of rotatable bonds is 5. The van der Waals surface area contributed by atoms with E-state index in [1.165, 1.54) is 14.2 Å². The third-order valence-electron chi connectivity index (χ3n) is 5.65. The normalized spacial score (nSPS) is 30.6. The van der Waals surface area contributed by atoms with Crippen LogP contribution in [0.3, 0.4) is 0 Å². The van der Waals surface area contributed by atoms with Crippen molar-refractivity contribution in [2.75, 3.05) is 26.2 Å². The molecule has 2 fully saturated rings.